The van der Waals surface area contributed by atoms with Crippen molar-refractivity contribution < 1.29 is 44.2 Å². The molecule has 4 N–H and O–H groups in total. The fourth-order valence-corrected chi connectivity index (χ4v) is 6.22. The summed E-state index contributed by atoms with van der Waals surface area (Å²) in [5.74, 6) is -0.741. The van der Waals surface area contributed by atoms with E-state index in [0.29, 0.717) is 0 Å². The number of hydrogen-bond acceptors (Lipinski definition) is 9. The minimum atomic E-state index is -1.25. The molecule has 0 aliphatic carbocycles. The van der Waals surface area contributed by atoms with E-state index in [4.69, 9.17) is 14.2 Å². The third-order valence-electron chi connectivity index (χ3n) is 10.2. The summed E-state index contributed by atoms with van der Waals surface area (Å²) in [5.41, 5.74) is -2.46. The van der Waals surface area contributed by atoms with E-state index in [1.165, 1.54) is 128 Å². The molecule has 0 spiro atoms. The van der Waals surface area contributed by atoms with E-state index in [9.17, 15) is 30.0 Å². The highest BCUT2D eigenvalue weighted by atomic mass is 16.6. The standard InChI is InChI=1S/C42H82O9/c1-3-5-7-9-11-13-15-17-19-21-23-25-27-29-39(47)50-37-42(34-46,36-49-35-41(31-43,32-44)33-45)38-51-40(48)30-28-26-24-22-20-18-16-14-12-10-8-6-4-2/h43-46H,3-38H2,1-2H3. The molecular weight excluding hydrogens is 648 g/mol. The second-order valence-electron chi connectivity index (χ2n) is 15.4. The van der Waals surface area contributed by atoms with Crippen LogP contribution in [-0.2, 0) is 23.8 Å². The number of esters is 2. The van der Waals surface area contributed by atoms with Gasteiger partial charge in [-0.15, -0.1) is 0 Å². The average Bonchev–Trinajstić information content (AvgIpc) is 3.15. The molecule has 0 rings (SSSR count). The number of carbonyl (C=O) groups is 2. The number of aliphatic hydroxyl groups is 4. The number of carbonyl (C=O) groups excluding carboxylic acids is 2. The first-order chi connectivity index (χ1) is 24.9. The van der Waals surface area contributed by atoms with E-state index in [1.54, 1.807) is 0 Å². The summed E-state index contributed by atoms with van der Waals surface area (Å²) in [6.45, 7) is 1.83. The van der Waals surface area contributed by atoms with Crippen LogP contribution in [0.5, 0.6) is 0 Å². The second kappa shape index (κ2) is 35.8. The molecule has 51 heavy (non-hydrogen) atoms. The smallest absolute Gasteiger partial charge is 0.305 e. The van der Waals surface area contributed by atoms with Crippen LogP contribution in [0.1, 0.15) is 194 Å². The monoisotopic (exact) mass is 731 g/mol. The van der Waals surface area contributed by atoms with Crippen molar-refractivity contribution in [1.82, 2.24) is 0 Å². The van der Waals surface area contributed by atoms with Crippen LogP contribution in [-0.4, -0.2) is 85.2 Å². The summed E-state index contributed by atoms with van der Waals surface area (Å²) >= 11 is 0. The van der Waals surface area contributed by atoms with Gasteiger partial charge in [-0.05, 0) is 12.8 Å². The molecule has 0 aliphatic rings. The molecule has 9 nitrogen and oxygen atoms in total. The molecule has 9 heteroatoms. The van der Waals surface area contributed by atoms with E-state index in [0.717, 1.165) is 38.5 Å². The summed E-state index contributed by atoms with van der Waals surface area (Å²) in [7, 11) is 0. The van der Waals surface area contributed by atoms with Crippen LogP contribution in [0.25, 0.3) is 0 Å². The molecule has 0 fully saturated rings. The molecule has 0 aliphatic heterocycles. The highest BCUT2D eigenvalue weighted by Gasteiger charge is 2.36. The molecule has 0 aromatic rings. The number of unbranched alkanes of at least 4 members (excludes halogenated alkanes) is 24. The van der Waals surface area contributed by atoms with Crippen molar-refractivity contribution in [3.63, 3.8) is 0 Å². The molecule has 0 aromatic heterocycles. The zero-order chi connectivity index (χ0) is 37.7. The number of hydrogen-bond donors (Lipinski definition) is 4. The Labute approximate surface area is 313 Å². The Kier molecular flexibility index (Phi) is 34.9. The Morgan fingerprint density at radius 1 is 0.373 bits per heavy atom. The van der Waals surface area contributed by atoms with Crippen LogP contribution < -0.4 is 0 Å². The van der Waals surface area contributed by atoms with Crippen molar-refractivity contribution >= 4 is 11.9 Å². The average molecular weight is 731 g/mol. The van der Waals surface area contributed by atoms with E-state index in [2.05, 4.69) is 13.8 Å². The van der Waals surface area contributed by atoms with Crippen molar-refractivity contribution in [1.29, 1.82) is 0 Å². The Morgan fingerprint density at radius 3 is 0.902 bits per heavy atom. The minimum Gasteiger partial charge on any atom is -0.465 e. The molecule has 0 amide bonds. The van der Waals surface area contributed by atoms with Gasteiger partial charge in [-0.3, -0.25) is 9.59 Å². The summed E-state index contributed by atoms with van der Waals surface area (Å²) in [6.07, 6.45) is 32.2. The first-order valence-corrected chi connectivity index (χ1v) is 21.2. The SMILES string of the molecule is CCCCCCCCCCCCCCCC(=O)OCC(CO)(COCC(CO)(CO)CO)COC(=O)CCCCCCCCCCCCCCC. The predicted molar refractivity (Wildman–Crippen MR) is 207 cm³/mol. The van der Waals surface area contributed by atoms with Crippen molar-refractivity contribution in [2.75, 3.05) is 52.9 Å². The normalized spacial score (nSPS) is 12.0. The second-order valence-corrected chi connectivity index (χ2v) is 15.4. The lowest BCUT2D eigenvalue weighted by molar-refractivity contribution is -0.163. The van der Waals surface area contributed by atoms with Crippen molar-refractivity contribution in [3.05, 3.63) is 0 Å². The van der Waals surface area contributed by atoms with E-state index >= 15 is 0 Å². The van der Waals surface area contributed by atoms with Gasteiger partial charge in [0, 0.05) is 12.8 Å². The van der Waals surface area contributed by atoms with Crippen molar-refractivity contribution in [3.8, 4) is 0 Å². The molecule has 0 bridgehead atoms. The quantitative estimate of drug-likeness (QED) is 0.0359. The highest BCUT2D eigenvalue weighted by Crippen LogP contribution is 2.23. The summed E-state index contributed by atoms with van der Waals surface area (Å²) < 4.78 is 16.9. The van der Waals surface area contributed by atoms with Crippen LogP contribution in [0.4, 0.5) is 0 Å². The van der Waals surface area contributed by atoms with Gasteiger partial charge in [-0.2, -0.15) is 0 Å². The molecule has 0 radical (unpaired) electrons. The molecular formula is C42H82O9. The van der Waals surface area contributed by atoms with E-state index < -0.39 is 37.3 Å². The van der Waals surface area contributed by atoms with Crippen LogP contribution >= 0.6 is 0 Å². The maximum atomic E-state index is 12.6. The maximum absolute atomic E-state index is 12.6. The van der Waals surface area contributed by atoms with Crippen molar-refractivity contribution in [2.45, 2.75) is 194 Å². The molecule has 0 saturated heterocycles. The Bertz CT molecular complexity index is 717. The van der Waals surface area contributed by atoms with Crippen LogP contribution in [0.3, 0.4) is 0 Å². The van der Waals surface area contributed by atoms with Gasteiger partial charge >= 0.3 is 11.9 Å². The van der Waals surface area contributed by atoms with Gasteiger partial charge in [0.1, 0.15) is 13.2 Å². The highest BCUT2D eigenvalue weighted by molar-refractivity contribution is 5.69. The lowest BCUT2D eigenvalue weighted by atomic mass is 9.90. The summed E-state index contributed by atoms with van der Waals surface area (Å²) in [6, 6.07) is 0. The fourth-order valence-electron chi connectivity index (χ4n) is 6.22. The molecule has 0 atom stereocenters. The van der Waals surface area contributed by atoms with Gasteiger partial charge < -0.3 is 34.6 Å². The molecule has 0 heterocycles. The van der Waals surface area contributed by atoms with E-state index in [1.807, 2.05) is 0 Å². The van der Waals surface area contributed by atoms with Gasteiger partial charge in [0.25, 0.3) is 0 Å². The van der Waals surface area contributed by atoms with Crippen LogP contribution in [0.15, 0.2) is 0 Å². The first-order valence-electron chi connectivity index (χ1n) is 21.2. The number of ether oxygens (including phenoxy) is 3. The Hall–Kier alpha value is -1.26. The molecule has 0 aromatic carbocycles. The maximum Gasteiger partial charge on any atom is 0.305 e. The largest absolute Gasteiger partial charge is 0.465 e. The van der Waals surface area contributed by atoms with Gasteiger partial charge in [-0.1, -0.05) is 168 Å². The van der Waals surface area contributed by atoms with Gasteiger partial charge in [-0.25, -0.2) is 0 Å². The first kappa shape index (κ1) is 49.7. The predicted octanol–water partition coefficient (Wildman–Crippen LogP) is 8.99. The topological polar surface area (TPSA) is 143 Å². The third kappa shape index (κ3) is 28.9. The Morgan fingerprint density at radius 2 is 0.627 bits per heavy atom. The lowest BCUT2D eigenvalue weighted by Gasteiger charge is -2.33. The fraction of sp³-hybridized carbons (Fsp3) is 0.952. The number of aliphatic hydroxyl groups excluding tert-OH is 4. The van der Waals surface area contributed by atoms with Gasteiger partial charge in [0.05, 0.1) is 50.5 Å². The zero-order valence-electron chi connectivity index (χ0n) is 33.3. The molecule has 0 saturated carbocycles. The Balaban J connectivity index is 4.50. The summed E-state index contributed by atoms with van der Waals surface area (Å²) in [5, 5.41) is 39.4. The van der Waals surface area contributed by atoms with Gasteiger partial charge in [0.2, 0.25) is 0 Å². The van der Waals surface area contributed by atoms with Crippen molar-refractivity contribution in [2.24, 2.45) is 10.8 Å². The van der Waals surface area contributed by atoms with E-state index in [-0.39, 0.29) is 51.2 Å². The molecule has 0 unspecified atom stereocenters. The zero-order valence-corrected chi connectivity index (χ0v) is 33.3. The van der Waals surface area contributed by atoms with Crippen LogP contribution in [0.2, 0.25) is 0 Å². The third-order valence-corrected chi connectivity index (χ3v) is 10.2. The lowest BCUT2D eigenvalue weighted by Crippen LogP contribution is -2.45. The minimum absolute atomic E-state index is 0.150. The van der Waals surface area contributed by atoms with Crippen LogP contribution in [0, 0.1) is 10.8 Å². The number of rotatable bonds is 40. The molecule has 304 valence electrons. The van der Waals surface area contributed by atoms with Gasteiger partial charge in [0.15, 0.2) is 0 Å². The summed E-state index contributed by atoms with van der Waals surface area (Å²) in [4.78, 5) is 25.2.